The molecule has 0 N–H and O–H groups in total. The number of rotatable bonds is 20. The van der Waals surface area contributed by atoms with Gasteiger partial charge >= 0.3 is 5.97 Å². The Morgan fingerprint density at radius 1 is 0.828 bits per heavy atom. The summed E-state index contributed by atoms with van der Waals surface area (Å²) in [6.45, 7) is 0.457. The number of carboxylic acids is 1. The normalized spacial score (nSPS) is 12.5. The number of unbranched alkanes of at least 4 members (excludes halogenated alkanes) is 12. The number of esters is 1. The zero-order valence-electron chi connectivity index (χ0n) is 19.0. The molecule has 0 bridgehead atoms. The van der Waals surface area contributed by atoms with Crippen LogP contribution in [0.25, 0.3) is 0 Å². The second-order valence-corrected chi connectivity index (χ2v) is 9.11. The first-order valence-corrected chi connectivity index (χ1v) is 11.4. The van der Waals surface area contributed by atoms with E-state index in [-0.39, 0.29) is 12.4 Å². The number of hydrogen-bond donors (Lipinski definition) is 0. The lowest BCUT2D eigenvalue weighted by Crippen LogP contribution is -2.45. The summed E-state index contributed by atoms with van der Waals surface area (Å²) in [5.41, 5.74) is 0. The average Bonchev–Trinajstić information content (AvgIpc) is 2.60. The van der Waals surface area contributed by atoms with Crippen molar-refractivity contribution in [2.45, 2.75) is 102 Å². The number of carbonyl (C=O) groups is 3. The molecule has 0 saturated heterocycles. The van der Waals surface area contributed by atoms with Crippen LogP contribution in [0.2, 0.25) is 0 Å². The van der Waals surface area contributed by atoms with Gasteiger partial charge in [-0.15, -0.1) is 0 Å². The highest BCUT2D eigenvalue weighted by molar-refractivity contribution is 5.70. The van der Waals surface area contributed by atoms with E-state index in [0.717, 1.165) is 32.0 Å². The number of aldehydes is 1. The van der Waals surface area contributed by atoms with Crippen LogP contribution in [0, 0.1) is 0 Å². The van der Waals surface area contributed by atoms with Gasteiger partial charge in [-0.3, -0.25) is 4.79 Å². The molecular weight excluding hydrogens is 370 g/mol. The molecule has 0 amide bonds. The Morgan fingerprint density at radius 2 is 1.28 bits per heavy atom. The molecule has 0 radical (unpaired) electrons. The summed E-state index contributed by atoms with van der Waals surface area (Å²) in [5.74, 6) is -1.49. The maximum Gasteiger partial charge on any atom is 0.306 e. The van der Waals surface area contributed by atoms with Crippen molar-refractivity contribution in [2.24, 2.45) is 0 Å². The number of likely N-dealkylation sites (N-methyl/N-ethyl adjacent to an activating group) is 1. The van der Waals surface area contributed by atoms with Crippen LogP contribution in [0.1, 0.15) is 96.3 Å². The molecule has 1 atom stereocenters. The summed E-state index contributed by atoms with van der Waals surface area (Å²) in [4.78, 5) is 33.0. The van der Waals surface area contributed by atoms with Crippen molar-refractivity contribution in [3.05, 3.63) is 0 Å². The lowest BCUT2D eigenvalue weighted by molar-refractivity contribution is -0.873. The Kier molecular flexibility index (Phi) is 16.6. The van der Waals surface area contributed by atoms with Crippen LogP contribution in [-0.4, -0.2) is 56.5 Å². The van der Waals surface area contributed by atoms with E-state index >= 15 is 0 Å². The van der Waals surface area contributed by atoms with E-state index in [9.17, 15) is 19.5 Å². The highest BCUT2D eigenvalue weighted by Crippen LogP contribution is 2.13. The van der Waals surface area contributed by atoms with Crippen LogP contribution in [0.3, 0.4) is 0 Å². The number of carbonyl (C=O) groups excluding carboxylic acids is 3. The predicted octanol–water partition coefficient (Wildman–Crippen LogP) is 3.40. The lowest BCUT2D eigenvalue weighted by atomic mass is 10.0. The van der Waals surface area contributed by atoms with Crippen LogP contribution in [-0.2, 0) is 19.1 Å². The minimum Gasteiger partial charge on any atom is -0.550 e. The second-order valence-electron chi connectivity index (χ2n) is 9.11. The molecular formula is C23H43NO5. The molecule has 170 valence electrons. The molecule has 0 fully saturated rings. The van der Waals surface area contributed by atoms with Crippen LogP contribution >= 0.6 is 0 Å². The van der Waals surface area contributed by atoms with E-state index in [2.05, 4.69) is 0 Å². The van der Waals surface area contributed by atoms with Gasteiger partial charge in [0, 0.05) is 25.2 Å². The van der Waals surface area contributed by atoms with Gasteiger partial charge in [-0.1, -0.05) is 64.2 Å². The first kappa shape index (κ1) is 27.6. The standard InChI is InChI=1S/C23H43NO5/c1-24(2,3)20-21(19-22(26)27)29-23(28)17-15-13-11-9-7-5-4-6-8-10-12-14-16-18-25/h18,21H,4-17,19-20H2,1-3H3. The van der Waals surface area contributed by atoms with Crippen LogP contribution < -0.4 is 5.11 Å². The molecule has 0 heterocycles. The zero-order chi connectivity index (χ0) is 22.0. The Bertz CT molecular complexity index is 445. The average molecular weight is 414 g/mol. The van der Waals surface area contributed by atoms with E-state index in [0.29, 0.717) is 23.9 Å². The number of hydrogen-bond acceptors (Lipinski definition) is 5. The minimum atomic E-state index is -1.19. The summed E-state index contributed by atoms with van der Waals surface area (Å²) in [6, 6.07) is 0. The highest BCUT2D eigenvalue weighted by atomic mass is 16.5. The minimum absolute atomic E-state index is 0.250. The summed E-state index contributed by atoms with van der Waals surface area (Å²) < 4.78 is 5.89. The molecule has 0 aliphatic rings. The Balaban J connectivity index is 3.60. The number of quaternary nitrogens is 1. The van der Waals surface area contributed by atoms with Gasteiger partial charge < -0.3 is 23.9 Å². The van der Waals surface area contributed by atoms with Crippen LogP contribution in [0.4, 0.5) is 0 Å². The third kappa shape index (κ3) is 21.1. The lowest BCUT2D eigenvalue weighted by Gasteiger charge is -2.29. The van der Waals surface area contributed by atoms with Gasteiger partial charge in [0.15, 0.2) is 6.10 Å². The molecule has 29 heavy (non-hydrogen) atoms. The van der Waals surface area contributed by atoms with Gasteiger partial charge in [-0.25, -0.2) is 0 Å². The van der Waals surface area contributed by atoms with Crippen molar-refractivity contribution in [3.63, 3.8) is 0 Å². The smallest absolute Gasteiger partial charge is 0.306 e. The molecule has 0 rings (SSSR count). The van der Waals surface area contributed by atoms with Crippen molar-refractivity contribution in [1.29, 1.82) is 0 Å². The van der Waals surface area contributed by atoms with E-state index in [4.69, 9.17) is 4.74 Å². The molecule has 0 aliphatic carbocycles. The fourth-order valence-corrected chi connectivity index (χ4v) is 3.45. The fourth-order valence-electron chi connectivity index (χ4n) is 3.45. The van der Waals surface area contributed by atoms with E-state index < -0.39 is 12.1 Å². The molecule has 0 aromatic carbocycles. The largest absolute Gasteiger partial charge is 0.550 e. The van der Waals surface area contributed by atoms with Crippen molar-refractivity contribution in [2.75, 3.05) is 27.7 Å². The van der Waals surface area contributed by atoms with Gasteiger partial charge in [0.25, 0.3) is 0 Å². The molecule has 6 nitrogen and oxygen atoms in total. The third-order valence-electron chi connectivity index (χ3n) is 4.90. The molecule has 1 unspecified atom stereocenters. The Morgan fingerprint density at radius 3 is 1.69 bits per heavy atom. The number of aliphatic carboxylic acids is 1. The first-order valence-electron chi connectivity index (χ1n) is 11.4. The molecule has 0 aromatic heterocycles. The van der Waals surface area contributed by atoms with Gasteiger partial charge in [0.05, 0.1) is 21.1 Å². The molecule has 0 aromatic rings. The van der Waals surface area contributed by atoms with Gasteiger partial charge in [-0.2, -0.15) is 0 Å². The maximum atomic E-state index is 12.0. The monoisotopic (exact) mass is 413 g/mol. The zero-order valence-corrected chi connectivity index (χ0v) is 19.0. The van der Waals surface area contributed by atoms with Crippen molar-refractivity contribution in [3.8, 4) is 0 Å². The maximum absolute atomic E-state index is 12.0. The fraction of sp³-hybridized carbons (Fsp3) is 0.870. The summed E-state index contributed by atoms with van der Waals surface area (Å²) >= 11 is 0. The quantitative estimate of drug-likeness (QED) is 0.132. The van der Waals surface area contributed by atoms with Crippen molar-refractivity contribution >= 4 is 18.2 Å². The molecule has 0 spiro atoms. The summed E-state index contributed by atoms with van der Waals surface area (Å²) in [7, 11) is 5.81. The third-order valence-corrected chi connectivity index (χ3v) is 4.90. The number of nitrogens with zero attached hydrogens (tertiary/aromatic N) is 1. The topological polar surface area (TPSA) is 83.5 Å². The van der Waals surface area contributed by atoms with Gasteiger partial charge in [0.2, 0.25) is 0 Å². The van der Waals surface area contributed by atoms with Crippen LogP contribution in [0.15, 0.2) is 0 Å². The van der Waals surface area contributed by atoms with Gasteiger partial charge in [-0.05, 0) is 12.8 Å². The van der Waals surface area contributed by atoms with Crippen LogP contribution in [0.5, 0.6) is 0 Å². The van der Waals surface area contributed by atoms with E-state index in [1.165, 1.54) is 51.4 Å². The summed E-state index contributed by atoms with van der Waals surface area (Å²) in [5, 5.41) is 10.9. The predicted molar refractivity (Wildman–Crippen MR) is 113 cm³/mol. The molecule has 0 saturated carbocycles. The second kappa shape index (κ2) is 17.4. The van der Waals surface area contributed by atoms with Crippen molar-refractivity contribution in [1.82, 2.24) is 0 Å². The van der Waals surface area contributed by atoms with Gasteiger partial charge in [0.1, 0.15) is 12.8 Å². The van der Waals surface area contributed by atoms with E-state index in [1.54, 1.807) is 0 Å². The molecule has 0 aliphatic heterocycles. The Hall–Kier alpha value is -1.43. The van der Waals surface area contributed by atoms with E-state index in [1.807, 2.05) is 21.1 Å². The highest BCUT2D eigenvalue weighted by Gasteiger charge is 2.22. The molecule has 6 heteroatoms. The summed E-state index contributed by atoms with van der Waals surface area (Å²) in [6.07, 6.45) is 15.1. The Labute approximate surface area is 177 Å². The SMILES string of the molecule is C[N+](C)(C)CC(CC(=O)[O-])OC(=O)CCCCCCCCCCCCCCC=O. The van der Waals surface area contributed by atoms with Crippen molar-refractivity contribution < 1.29 is 28.7 Å². The number of carboxylic acid groups (broad SMARTS) is 1. The number of ether oxygens (including phenoxy) is 1. The first-order chi connectivity index (χ1) is 13.7.